The first-order chi connectivity index (χ1) is 13.2. The number of likely N-dealkylation sites (tertiary alicyclic amines) is 1. The molecule has 1 spiro atoms. The molecule has 0 aliphatic carbocycles. The molecule has 1 aromatic heterocycles. The van der Waals surface area contributed by atoms with E-state index in [0.717, 1.165) is 38.1 Å². The van der Waals surface area contributed by atoms with Crippen molar-refractivity contribution in [2.75, 3.05) is 26.2 Å². The van der Waals surface area contributed by atoms with E-state index >= 15 is 0 Å². The van der Waals surface area contributed by atoms with Crippen molar-refractivity contribution in [2.45, 2.75) is 25.0 Å². The number of benzene rings is 1. The van der Waals surface area contributed by atoms with Crippen molar-refractivity contribution in [3.63, 3.8) is 0 Å². The van der Waals surface area contributed by atoms with E-state index in [1.54, 1.807) is 12.3 Å². The number of amides is 1. The Morgan fingerprint density at radius 1 is 1.33 bits per heavy atom. The maximum atomic E-state index is 13.8. The van der Waals surface area contributed by atoms with Crippen molar-refractivity contribution in [3.05, 3.63) is 59.9 Å². The van der Waals surface area contributed by atoms with Crippen molar-refractivity contribution in [3.8, 4) is 0 Å². The van der Waals surface area contributed by atoms with Gasteiger partial charge in [-0.1, -0.05) is 18.2 Å². The average molecular weight is 370 g/mol. The van der Waals surface area contributed by atoms with E-state index in [1.807, 2.05) is 12.1 Å². The normalized spacial score (nSPS) is 21.1. The lowest BCUT2D eigenvalue weighted by Crippen LogP contribution is -2.64. The topological polar surface area (TPSA) is 67.3 Å². The fourth-order valence-corrected chi connectivity index (χ4v) is 4.10. The zero-order chi connectivity index (χ0) is 18.7. The van der Waals surface area contributed by atoms with Crippen LogP contribution in [0.4, 0.5) is 4.39 Å². The van der Waals surface area contributed by atoms with Crippen LogP contribution in [-0.2, 0) is 11.3 Å². The SMILES string of the molecule is O=C(NCC[C@H]1CCOC12CN(Cc1ccccc1F)C2)c1cnccn1. The van der Waals surface area contributed by atoms with Gasteiger partial charge in [-0.2, -0.15) is 0 Å². The third kappa shape index (κ3) is 3.84. The van der Waals surface area contributed by atoms with Crippen molar-refractivity contribution < 1.29 is 13.9 Å². The summed E-state index contributed by atoms with van der Waals surface area (Å²) in [4.78, 5) is 22.2. The molecule has 1 amide bonds. The smallest absolute Gasteiger partial charge is 0.271 e. The highest BCUT2D eigenvalue weighted by atomic mass is 19.1. The minimum Gasteiger partial charge on any atom is -0.372 e. The second kappa shape index (κ2) is 7.70. The number of hydrogen-bond acceptors (Lipinski definition) is 5. The molecule has 2 aliphatic heterocycles. The standard InChI is InChI=1S/C20H23FN4O2/c21-17-4-2-1-3-15(17)12-25-13-20(14-25)16(6-10-27-20)5-7-24-19(26)18-11-22-8-9-23-18/h1-4,8-9,11,16H,5-7,10,12-14H2,(H,24,26)/t16-/m0/s1. The molecule has 3 heterocycles. The number of carbonyl (C=O) groups is 1. The van der Waals surface area contributed by atoms with Crippen LogP contribution in [0.5, 0.6) is 0 Å². The Morgan fingerprint density at radius 2 is 2.19 bits per heavy atom. The fraction of sp³-hybridized carbons (Fsp3) is 0.450. The van der Waals surface area contributed by atoms with Gasteiger partial charge in [0.25, 0.3) is 5.91 Å². The molecule has 0 radical (unpaired) electrons. The summed E-state index contributed by atoms with van der Waals surface area (Å²) >= 11 is 0. The van der Waals surface area contributed by atoms with Crippen LogP contribution >= 0.6 is 0 Å². The molecule has 2 aromatic rings. The van der Waals surface area contributed by atoms with Crippen LogP contribution in [0.3, 0.4) is 0 Å². The summed E-state index contributed by atoms with van der Waals surface area (Å²) in [5.74, 6) is 0.0384. The maximum Gasteiger partial charge on any atom is 0.271 e. The van der Waals surface area contributed by atoms with Crippen LogP contribution < -0.4 is 5.32 Å². The predicted molar refractivity (Wildman–Crippen MR) is 97.4 cm³/mol. The third-order valence-corrected chi connectivity index (χ3v) is 5.51. The summed E-state index contributed by atoms with van der Waals surface area (Å²) in [7, 11) is 0. The van der Waals surface area contributed by atoms with Gasteiger partial charge in [-0.25, -0.2) is 9.37 Å². The number of aromatic nitrogens is 2. The van der Waals surface area contributed by atoms with Crippen LogP contribution in [0.25, 0.3) is 0 Å². The summed E-state index contributed by atoms with van der Waals surface area (Å²) in [6, 6.07) is 6.90. The van der Waals surface area contributed by atoms with Crippen molar-refractivity contribution >= 4 is 5.91 Å². The number of nitrogens with one attached hydrogen (secondary N) is 1. The van der Waals surface area contributed by atoms with Gasteiger partial charge in [0.1, 0.15) is 11.5 Å². The van der Waals surface area contributed by atoms with Gasteiger partial charge in [0.2, 0.25) is 0 Å². The zero-order valence-corrected chi connectivity index (χ0v) is 15.1. The average Bonchev–Trinajstić information content (AvgIpc) is 3.08. The molecule has 6 nitrogen and oxygen atoms in total. The summed E-state index contributed by atoms with van der Waals surface area (Å²) in [5.41, 5.74) is 0.899. The highest BCUT2D eigenvalue weighted by molar-refractivity contribution is 5.91. The van der Waals surface area contributed by atoms with Gasteiger partial charge >= 0.3 is 0 Å². The first-order valence-corrected chi connectivity index (χ1v) is 9.30. The second-order valence-electron chi connectivity index (χ2n) is 7.27. The van der Waals surface area contributed by atoms with Crippen molar-refractivity contribution in [1.82, 2.24) is 20.2 Å². The quantitative estimate of drug-likeness (QED) is 0.843. The lowest BCUT2D eigenvalue weighted by atomic mass is 9.78. The number of halogens is 1. The molecule has 4 rings (SSSR count). The molecular weight excluding hydrogens is 347 g/mol. The number of nitrogens with zero attached hydrogens (tertiary/aromatic N) is 3. The molecular formula is C20H23FN4O2. The molecule has 1 atom stereocenters. The summed E-state index contributed by atoms with van der Waals surface area (Å²) < 4.78 is 19.9. The Labute approximate surface area is 157 Å². The van der Waals surface area contributed by atoms with Crippen LogP contribution in [-0.4, -0.2) is 52.6 Å². The number of rotatable bonds is 6. The Morgan fingerprint density at radius 3 is 2.96 bits per heavy atom. The fourth-order valence-electron chi connectivity index (χ4n) is 4.10. The van der Waals surface area contributed by atoms with Gasteiger partial charge < -0.3 is 10.1 Å². The Kier molecular flexibility index (Phi) is 5.13. The highest BCUT2D eigenvalue weighted by Crippen LogP contribution is 2.42. The lowest BCUT2D eigenvalue weighted by Gasteiger charge is -2.50. The van der Waals surface area contributed by atoms with Gasteiger partial charge in [0.05, 0.1) is 11.8 Å². The molecule has 142 valence electrons. The maximum absolute atomic E-state index is 13.8. The number of hydrogen-bond donors (Lipinski definition) is 1. The second-order valence-corrected chi connectivity index (χ2v) is 7.27. The largest absolute Gasteiger partial charge is 0.372 e. The summed E-state index contributed by atoms with van der Waals surface area (Å²) in [6.07, 6.45) is 6.36. The van der Waals surface area contributed by atoms with Crippen LogP contribution in [0.1, 0.15) is 28.9 Å². The molecule has 27 heavy (non-hydrogen) atoms. The summed E-state index contributed by atoms with van der Waals surface area (Å²) in [6.45, 7) is 3.55. The van der Waals surface area contributed by atoms with E-state index in [0.29, 0.717) is 24.7 Å². The zero-order valence-electron chi connectivity index (χ0n) is 15.1. The van der Waals surface area contributed by atoms with Gasteiger partial charge in [0, 0.05) is 50.7 Å². The van der Waals surface area contributed by atoms with Gasteiger partial charge in [0.15, 0.2) is 0 Å². The Balaban J connectivity index is 1.26. The van der Waals surface area contributed by atoms with Crippen molar-refractivity contribution in [1.29, 1.82) is 0 Å². The van der Waals surface area contributed by atoms with Gasteiger partial charge in [-0.15, -0.1) is 0 Å². The Hall–Kier alpha value is -2.38. The molecule has 1 aromatic carbocycles. The first-order valence-electron chi connectivity index (χ1n) is 9.30. The molecule has 2 saturated heterocycles. The molecule has 2 fully saturated rings. The monoisotopic (exact) mass is 370 g/mol. The Bertz CT molecular complexity index is 796. The minimum absolute atomic E-state index is 0.150. The molecule has 0 unspecified atom stereocenters. The van der Waals surface area contributed by atoms with E-state index in [-0.39, 0.29) is 17.3 Å². The van der Waals surface area contributed by atoms with E-state index in [4.69, 9.17) is 4.74 Å². The molecule has 7 heteroatoms. The minimum atomic E-state index is -0.203. The molecule has 0 saturated carbocycles. The molecule has 1 N–H and O–H groups in total. The lowest BCUT2D eigenvalue weighted by molar-refractivity contribution is -0.137. The van der Waals surface area contributed by atoms with Crippen LogP contribution in [0.2, 0.25) is 0 Å². The number of carbonyl (C=O) groups excluding carboxylic acids is 1. The first kappa shape index (κ1) is 18.0. The van der Waals surface area contributed by atoms with Gasteiger partial charge in [-0.3, -0.25) is 14.7 Å². The summed E-state index contributed by atoms with van der Waals surface area (Å²) in [5, 5.41) is 2.91. The number of ether oxygens (including phenoxy) is 1. The van der Waals surface area contributed by atoms with E-state index in [2.05, 4.69) is 20.2 Å². The molecule has 2 aliphatic rings. The van der Waals surface area contributed by atoms with Crippen molar-refractivity contribution in [2.24, 2.45) is 5.92 Å². The molecule has 0 bridgehead atoms. The third-order valence-electron chi connectivity index (χ3n) is 5.51. The highest BCUT2D eigenvalue weighted by Gasteiger charge is 2.52. The van der Waals surface area contributed by atoms with E-state index < -0.39 is 0 Å². The van der Waals surface area contributed by atoms with E-state index in [1.165, 1.54) is 18.5 Å². The van der Waals surface area contributed by atoms with E-state index in [9.17, 15) is 9.18 Å². The van der Waals surface area contributed by atoms with Crippen LogP contribution in [0, 0.1) is 11.7 Å². The van der Waals surface area contributed by atoms with Gasteiger partial charge in [-0.05, 0) is 24.8 Å². The predicted octanol–water partition coefficient (Wildman–Crippen LogP) is 2.03. The van der Waals surface area contributed by atoms with Crippen LogP contribution in [0.15, 0.2) is 42.9 Å².